The summed E-state index contributed by atoms with van der Waals surface area (Å²) < 4.78 is 7.91. The average Bonchev–Trinajstić information content (AvgIpc) is 3.21. The van der Waals surface area contributed by atoms with E-state index in [1.165, 1.54) is 0 Å². The summed E-state index contributed by atoms with van der Waals surface area (Å²) in [6.45, 7) is 3.91. The van der Waals surface area contributed by atoms with Gasteiger partial charge in [0.2, 0.25) is 5.91 Å². The van der Waals surface area contributed by atoms with Crippen LogP contribution >= 0.6 is 12.2 Å². The highest BCUT2D eigenvalue weighted by Crippen LogP contribution is 2.18. The van der Waals surface area contributed by atoms with Crippen LogP contribution in [0.2, 0.25) is 0 Å². The number of ether oxygens (including phenoxy) is 1. The number of rotatable bonds is 6. The lowest BCUT2D eigenvalue weighted by atomic mass is 10.1. The van der Waals surface area contributed by atoms with Crippen LogP contribution < -0.4 is 5.32 Å². The molecule has 2 aromatic rings. The Morgan fingerprint density at radius 2 is 2.42 bits per heavy atom. The maximum absolute atomic E-state index is 12.1. The van der Waals surface area contributed by atoms with Gasteiger partial charge in [-0.05, 0) is 38.0 Å². The van der Waals surface area contributed by atoms with Crippen molar-refractivity contribution < 1.29 is 9.53 Å². The molecule has 3 rings (SSSR count). The molecule has 1 fully saturated rings. The first-order valence-corrected chi connectivity index (χ1v) is 8.65. The number of H-pyrrole nitrogens is 1. The van der Waals surface area contributed by atoms with Crippen LogP contribution in [-0.4, -0.2) is 39.9 Å². The summed E-state index contributed by atoms with van der Waals surface area (Å²) in [5.41, 5.74) is 2.14. The molecule has 1 aliphatic rings. The predicted octanol–water partition coefficient (Wildman–Crippen LogP) is 2.60. The zero-order chi connectivity index (χ0) is 16.9. The number of hydrogen-bond donors (Lipinski definition) is 2. The number of aromatic amines is 1. The summed E-state index contributed by atoms with van der Waals surface area (Å²) in [4.78, 5) is 12.1. The minimum Gasteiger partial charge on any atom is -0.376 e. The van der Waals surface area contributed by atoms with Gasteiger partial charge in [0.15, 0.2) is 10.6 Å². The highest BCUT2D eigenvalue weighted by atomic mass is 32.1. The maximum atomic E-state index is 12.1. The number of carbonyl (C=O) groups excluding carboxylic acids is 1. The van der Waals surface area contributed by atoms with Gasteiger partial charge in [0.05, 0.1) is 6.10 Å². The molecule has 1 aromatic heterocycles. The molecule has 6 nitrogen and oxygen atoms in total. The van der Waals surface area contributed by atoms with Crippen molar-refractivity contribution in [1.82, 2.24) is 20.1 Å². The fraction of sp³-hybridized carbons (Fsp3) is 0.471. The average molecular weight is 346 g/mol. The molecule has 2 N–H and O–H groups in total. The van der Waals surface area contributed by atoms with Gasteiger partial charge < -0.3 is 10.1 Å². The molecule has 2 heterocycles. The topological polar surface area (TPSA) is 71.9 Å². The zero-order valence-corrected chi connectivity index (χ0v) is 14.6. The van der Waals surface area contributed by atoms with E-state index in [9.17, 15) is 4.79 Å². The van der Waals surface area contributed by atoms with Crippen molar-refractivity contribution in [3.05, 3.63) is 34.6 Å². The molecule has 1 aromatic carbocycles. The molecule has 1 amide bonds. The van der Waals surface area contributed by atoms with E-state index in [0.29, 0.717) is 24.3 Å². The normalized spacial score (nSPS) is 17.1. The van der Waals surface area contributed by atoms with E-state index in [1.807, 2.05) is 29.7 Å². The van der Waals surface area contributed by atoms with Crippen molar-refractivity contribution in [2.24, 2.45) is 0 Å². The Morgan fingerprint density at radius 3 is 3.17 bits per heavy atom. The number of benzene rings is 1. The first-order chi connectivity index (χ1) is 11.6. The van der Waals surface area contributed by atoms with Crippen LogP contribution in [0.1, 0.15) is 24.8 Å². The third-order valence-electron chi connectivity index (χ3n) is 4.15. The smallest absolute Gasteiger partial charge is 0.221 e. The standard InChI is InChI=1S/C17H22N4O2S/c1-12-4-2-5-13(10-12)16-19-20-17(24)21(16)8-7-15(22)18-11-14-6-3-9-23-14/h2,4-5,10,14H,3,6-9,11H2,1H3,(H,18,22)(H,20,24)/t14-/m1/s1. The maximum Gasteiger partial charge on any atom is 0.221 e. The largest absolute Gasteiger partial charge is 0.376 e. The van der Waals surface area contributed by atoms with Crippen LogP contribution in [0.4, 0.5) is 0 Å². The molecule has 1 saturated heterocycles. The van der Waals surface area contributed by atoms with Gasteiger partial charge in [0.25, 0.3) is 0 Å². The Balaban J connectivity index is 1.62. The number of nitrogens with one attached hydrogen (secondary N) is 2. The van der Waals surface area contributed by atoms with Gasteiger partial charge in [-0.3, -0.25) is 14.5 Å². The summed E-state index contributed by atoms with van der Waals surface area (Å²) in [6, 6.07) is 8.07. The van der Waals surface area contributed by atoms with Crippen LogP contribution in [0.5, 0.6) is 0 Å². The third-order valence-corrected chi connectivity index (χ3v) is 4.46. The van der Waals surface area contributed by atoms with Crippen LogP contribution in [0.15, 0.2) is 24.3 Å². The number of nitrogens with zero attached hydrogens (tertiary/aromatic N) is 2. The lowest BCUT2D eigenvalue weighted by molar-refractivity contribution is -0.121. The summed E-state index contributed by atoms with van der Waals surface area (Å²) in [7, 11) is 0. The van der Waals surface area contributed by atoms with Crippen molar-refractivity contribution >= 4 is 18.1 Å². The molecule has 0 bridgehead atoms. The molecule has 1 atom stereocenters. The fourth-order valence-electron chi connectivity index (χ4n) is 2.86. The first kappa shape index (κ1) is 16.9. The quantitative estimate of drug-likeness (QED) is 0.789. The van der Waals surface area contributed by atoms with Crippen molar-refractivity contribution in [2.45, 2.75) is 38.8 Å². The van der Waals surface area contributed by atoms with E-state index in [-0.39, 0.29) is 12.0 Å². The van der Waals surface area contributed by atoms with Crippen molar-refractivity contribution in [2.75, 3.05) is 13.2 Å². The van der Waals surface area contributed by atoms with Gasteiger partial charge in [0.1, 0.15) is 0 Å². The Morgan fingerprint density at radius 1 is 1.54 bits per heavy atom. The minimum atomic E-state index is 0.00351. The molecule has 0 saturated carbocycles. The second kappa shape index (κ2) is 7.72. The van der Waals surface area contributed by atoms with Gasteiger partial charge in [-0.2, -0.15) is 5.10 Å². The van der Waals surface area contributed by atoms with E-state index in [4.69, 9.17) is 17.0 Å². The second-order valence-electron chi connectivity index (χ2n) is 6.06. The molecule has 0 aliphatic carbocycles. The SMILES string of the molecule is Cc1cccc(-c2n[nH]c(=S)n2CCC(=O)NC[C@H]2CCCO2)c1. The highest BCUT2D eigenvalue weighted by molar-refractivity contribution is 7.71. The van der Waals surface area contributed by atoms with Gasteiger partial charge in [-0.1, -0.05) is 23.8 Å². The zero-order valence-electron chi connectivity index (χ0n) is 13.7. The number of amides is 1. The van der Waals surface area contributed by atoms with Gasteiger partial charge in [-0.15, -0.1) is 0 Å². The molecule has 128 valence electrons. The molecule has 0 spiro atoms. The van der Waals surface area contributed by atoms with Crippen LogP contribution in [-0.2, 0) is 16.1 Å². The molecular formula is C17H22N4O2S. The number of aryl methyl sites for hydroxylation is 1. The monoisotopic (exact) mass is 346 g/mol. The number of aromatic nitrogens is 3. The molecule has 7 heteroatoms. The summed E-state index contributed by atoms with van der Waals surface area (Å²) in [5.74, 6) is 0.763. The Bertz CT molecular complexity index is 762. The van der Waals surface area contributed by atoms with Crippen LogP contribution in [0.3, 0.4) is 0 Å². The van der Waals surface area contributed by atoms with E-state index >= 15 is 0 Å². The molecule has 1 aliphatic heterocycles. The number of carbonyl (C=O) groups is 1. The van der Waals surface area contributed by atoms with Crippen molar-refractivity contribution in [3.8, 4) is 11.4 Å². The highest BCUT2D eigenvalue weighted by Gasteiger charge is 2.16. The minimum absolute atomic E-state index is 0.00351. The van der Waals surface area contributed by atoms with Crippen molar-refractivity contribution in [1.29, 1.82) is 0 Å². The van der Waals surface area contributed by atoms with Crippen molar-refractivity contribution in [3.63, 3.8) is 0 Å². The Labute approximate surface area is 146 Å². The molecule has 0 unspecified atom stereocenters. The van der Waals surface area contributed by atoms with Gasteiger partial charge >= 0.3 is 0 Å². The van der Waals surface area contributed by atoms with Gasteiger partial charge in [0, 0.05) is 31.7 Å². The Hall–Kier alpha value is -1.99. The van der Waals surface area contributed by atoms with E-state index in [2.05, 4.69) is 21.6 Å². The van der Waals surface area contributed by atoms with E-state index in [1.54, 1.807) is 0 Å². The lowest BCUT2D eigenvalue weighted by Crippen LogP contribution is -2.32. The first-order valence-electron chi connectivity index (χ1n) is 8.24. The van der Waals surface area contributed by atoms with E-state index in [0.717, 1.165) is 36.4 Å². The summed E-state index contributed by atoms with van der Waals surface area (Å²) >= 11 is 5.30. The second-order valence-corrected chi connectivity index (χ2v) is 6.45. The van der Waals surface area contributed by atoms with Crippen LogP contribution in [0, 0.1) is 11.7 Å². The van der Waals surface area contributed by atoms with Gasteiger partial charge in [-0.25, -0.2) is 0 Å². The molecular weight excluding hydrogens is 324 g/mol. The molecule has 0 radical (unpaired) electrons. The number of hydrogen-bond acceptors (Lipinski definition) is 4. The lowest BCUT2D eigenvalue weighted by Gasteiger charge is -2.11. The van der Waals surface area contributed by atoms with E-state index < -0.39 is 0 Å². The predicted molar refractivity (Wildman–Crippen MR) is 94.2 cm³/mol. The summed E-state index contributed by atoms with van der Waals surface area (Å²) in [6.07, 6.45) is 2.61. The summed E-state index contributed by atoms with van der Waals surface area (Å²) in [5, 5.41) is 10.1. The third kappa shape index (κ3) is 4.10. The Kier molecular flexibility index (Phi) is 5.42. The van der Waals surface area contributed by atoms with Crippen LogP contribution in [0.25, 0.3) is 11.4 Å². The molecule has 24 heavy (non-hydrogen) atoms. The fourth-order valence-corrected chi connectivity index (χ4v) is 3.09.